The molecule has 0 spiro atoms. The van der Waals surface area contributed by atoms with Crippen LogP contribution in [0.15, 0.2) is 24.3 Å². The van der Waals surface area contributed by atoms with Gasteiger partial charge in [0.05, 0.1) is 0 Å². The van der Waals surface area contributed by atoms with Crippen LogP contribution in [0.1, 0.15) is 19.4 Å². The first-order chi connectivity index (χ1) is 9.45. The Morgan fingerprint density at radius 1 is 1.30 bits per heavy atom. The molecule has 1 atom stereocenters. The molecule has 0 saturated heterocycles. The van der Waals surface area contributed by atoms with E-state index < -0.39 is 5.97 Å². The number of carboxylic acid groups (broad SMARTS) is 1. The van der Waals surface area contributed by atoms with Gasteiger partial charge >= 0.3 is 5.97 Å². The number of nitrogens with one attached hydrogen (secondary N) is 1. The van der Waals surface area contributed by atoms with E-state index in [9.17, 15) is 9.59 Å². The third-order valence-electron chi connectivity index (χ3n) is 3.03. The number of aryl methyl sites for hydroxylation is 1. The molecule has 0 aliphatic carbocycles. The van der Waals surface area contributed by atoms with Gasteiger partial charge in [-0.05, 0) is 25.6 Å². The van der Waals surface area contributed by atoms with E-state index in [1.807, 2.05) is 26.0 Å². The van der Waals surface area contributed by atoms with Crippen LogP contribution in [0.4, 0.5) is 5.69 Å². The summed E-state index contributed by atoms with van der Waals surface area (Å²) in [6.45, 7) is 6.71. The standard InChI is InChI=1S/C15H22N2O3/c1-4-16-9-12(3)15(20)17(10-14(18)19)13-7-5-11(2)6-8-13/h5-8,12,16H,4,9-10H2,1-3H3,(H,18,19). The highest BCUT2D eigenvalue weighted by Gasteiger charge is 2.23. The minimum atomic E-state index is -1.02. The Kier molecular flexibility index (Phi) is 6.18. The van der Waals surface area contributed by atoms with Gasteiger partial charge < -0.3 is 15.3 Å². The van der Waals surface area contributed by atoms with E-state index in [1.54, 1.807) is 19.1 Å². The molecule has 1 rings (SSSR count). The molecule has 0 heterocycles. The molecular weight excluding hydrogens is 256 g/mol. The SMILES string of the molecule is CCNCC(C)C(=O)N(CC(=O)O)c1ccc(C)cc1. The van der Waals surface area contributed by atoms with E-state index in [1.165, 1.54) is 4.90 Å². The highest BCUT2D eigenvalue weighted by Crippen LogP contribution is 2.17. The number of nitrogens with zero attached hydrogens (tertiary/aromatic N) is 1. The van der Waals surface area contributed by atoms with E-state index in [2.05, 4.69) is 5.32 Å². The molecule has 1 aromatic carbocycles. The summed E-state index contributed by atoms with van der Waals surface area (Å²) in [4.78, 5) is 24.7. The molecule has 0 aromatic heterocycles. The van der Waals surface area contributed by atoms with Crippen molar-refractivity contribution in [2.24, 2.45) is 5.92 Å². The van der Waals surface area contributed by atoms with Crippen LogP contribution in [0.3, 0.4) is 0 Å². The third kappa shape index (κ3) is 4.66. The molecule has 5 nitrogen and oxygen atoms in total. The van der Waals surface area contributed by atoms with Crippen molar-refractivity contribution >= 4 is 17.6 Å². The molecule has 110 valence electrons. The lowest BCUT2D eigenvalue weighted by atomic mass is 10.1. The maximum Gasteiger partial charge on any atom is 0.323 e. The molecule has 0 radical (unpaired) electrons. The summed E-state index contributed by atoms with van der Waals surface area (Å²) in [6, 6.07) is 7.28. The van der Waals surface area contributed by atoms with Crippen molar-refractivity contribution in [2.45, 2.75) is 20.8 Å². The largest absolute Gasteiger partial charge is 0.480 e. The topological polar surface area (TPSA) is 69.6 Å². The van der Waals surface area contributed by atoms with Crippen LogP contribution in [0.5, 0.6) is 0 Å². The summed E-state index contributed by atoms with van der Waals surface area (Å²) in [7, 11) is 0. The Labute approximate surface area is 119 Å². The monoisotopic (exact) mass is 278 g/mol. The van der Waals surface area contributed by atoms with Crippen molar-refractivity contribution in [2.75, 3.05) is 24.5 Å². The number of benzene rings is 1. The molecule has 0 fully saturated rings. The van der Waals surface area contributed by atoms with Crippen LogP contribution in [0.2, 0.25) is 0 Å². The molecule has 1 unspecified atom stereocenters. The summed E-state index contributed by atoms with van der Waals surface area (Å²) < 4.78 is 0. The van der Waals surface area contributed by atoms with Crippen molar-refractivity contribution in [3.05, 3.63) is 29.8 Å². The average molecular weight is 278 g/mol. The molecule has 5 heteroatoms. The quantitative estimate of drug-likeness (QED) is 0.796. The fraction of sp³-hybridized carbons (Fsp3) is 0.467. The van der Waals surface area contributed by atoms with Crippen LogP contribution in [-0.4, -0.2) is 36.6 Å². The van der Waals surface area contributed by atoms with Crippen LogP contribution in [0.25, 0.3) is 0 Å². The smallest absolute Gasteiger partial charge is 0.323 e. The van der Waals surface area contributed by atoms with Gasteiger partial charge in [0.1, 0.15) is 6.54 Å². The molecular formula is C15H22N2O3. The number of anilines is 1. The Hall–Kier alpha value is -1.88. The summed E-state index contributed by atoms with van der Waals surface area (Å²) in [5.41, 5.74) is 1.68. The van der Waals surface area contributed by atoms with E-state index >= 15 is 0 Å². The fourth-order valence-electron chi connectivity index (χ4n) is 1.87. The fourth-order valence-corrected chi connectivity index (χ4v) is 1.87. The van der Waals surface area contributed by atoms with Gasteiger partial charge in [0.15, 0.2) is 0 Å². The van der Waals surface area contributed by atoms with Gasteiger partial charge in [-0.25, -0.2) is 0 Å². The number of aliphatic carboxylic acids is 1. The Morgan fingerprint density at radius 3 is 2.40 bits per heavy atom. The van der Waals surface area contributed by atoms with Crippen molar-refractivity contribution in [1.82, 2.24) is 5.32 Å². The zero-order valence-electron chi connectivity index (χ0n) is 12.2. The van der Waals surface area contributed by atoms with E-state index in [4.69, 9.17) is 5.11 Å². The van der Waals surface area contributed by atoms with Crippen molar-refractivity contribution < 1.29 is 14.7 Å². The summed E-state index contributed by atoms with van der Waals surface area (Å²) in [5, 5.41) is 12.1. The van der Waals surface area contributed by atoms with Gasteiger partial charge in [-0.2, -0.15) is 0 Å². The van der Waals surface area contributed by atoms with Crippen LogP contribution in [0, 0.1) is 12.8 Å². The first-order valence-electron chi connectivity index (χ1n) is 6.76. The first kappa shape index (κ1) is 16.2. The minimum Gasteiger partial charge on any atom is -0.480 e. The summed E-state index contributed by atoms with van der Waals surface area (Å²) >= 11 is 0. The normalized spacial score (nSPS) is 11.9. The minimum absolute atomic E-state index is 0.183. The lowest BCUT2D eigenvalue weighted by Gasteiger charge is -2.24. The molecule has 2 N–H and O–H groups in total. The highest BCUT2D eigenvalue weighted by atomic mass is 16.4. The second-order valence-corrected chi connectivity index (χ2v) is 4.86. The summed E-state index contributed by atoms with van der Waals surface area (Å²) in [6.07, 6.45) is 0. The van der Waals surface area contributed by atoms with Gasteiger partial charge in [0.25, 0.3) is 0 Å². The van der Waals surface area contributed by atoms with E-state index in [0.29, 0.717) is 12.2 Å². The molecule has 1 amide bonds. The lowest BCUT2D eigenvalue weighted by Crippen LogP contribution is -2.42. The van der Waals surface area contributed by atoms with Gasteiger partial charge in [0.2, 0.25) is 5.91 Å². The third-order valence-corrected chi connectivity index (χ3v) is 3.03. The van der Waals surface area contributed by atoms with E-state index in [-0.39, 0.29) is 18.4 Å². The number of rotatable bonds is 7. The number of carboxylic acids is 1. The lowest BCUT2D eigenvalue weighted by molar-refractivity contribution is -0.137. The maximum atomic E-state index is 12.4. The van der Waals surface area contributed by atoms with Crippen LogP contribution in [-0.2, 0) is 9.59 Å². The van der Waals surface area contributed by atoms with Gasteiger partial charge in [-0.15, -0.1) is 0 Å². The Bertz CT molecular complexity index is 457. The van der Waals surface area contributed by atoms with Crippen LogP contribution >= 0.6 is 0 Å². The van der Waals surface area contributed by atoms with Gasteiger partial charge in [-0.3, -0.25) is 9.59 Å². The predicted octanol–water partition coefficient (Wildman–Crippen LogP) is 1.66. The highest BCUT2D eigenvalue weighted by molar-refractivity contribution is 5.98. The number of carbonyl (C=O) groups is 2. The first-order valence-corrected chi connectivity index (χ1v) is 6.76. The molecule has 0 aliphatic heterocycles. The molecule has 0 bridgehead atoms. The predicted molar refractivity (Wildman–Crippen MR) is 78.9 cm³/mol. The van der Waals surface area contributed by atoms with Gasteiger partial charge in [-0.1, -0.05) is 31.5 Å². The Balaban J connectivity index is 2.91. The number of hydrogen-bond donors (Lipinski definition) is 2. The molecule has 1 aromatic rings. The molecule has 20 heavy (non-hydrogen) atoms. The summed E-state index contributed by atoms with van der Waals surface area (Å²) in [5.74, 6) is -1.47. The zero-order valence-corrected chi connectivity index (χ0v) is 12.2. The van der Waals surface area contributed by atoms with E-state index in [0.717, 1.165) is 12.1 Å². The van der Waals surface area contributed by atoms with Crippen molar-refractivity contribution in [3.8, 4) is 0 Å². The average Bonchev–Trinajstić information content (AvgIpc) is 2.42. The molecule has 0 saturated carbocycles. The number of hydrogen-bond acceptors (Lipinski definition) is 3. The number of amides is 1. The van der Waals surface area contributed by atoms with Gasteiger partial charge in [0, 0.05) is 18.2 Å². The Morgan fingerprint density at radius 2 is 1.90 bits per heavy atom. The van der Waals surface area contributed by atoms with Crippen molar-refractivity contribution in [1.29, 1.82) is 0 Å². The second-order valence-electron chi connectivity index (χ2n) is 4.86. The number of carbonyl (C=O) groups excluding carboxylic acids is 1. The van der Waals surface area contributed by atoms with Crippen molar-refractivity contribution in [3.63, 3.8) is 0 Å². The van der Waals surface area contributed by atoms with Crippen LogP contribution < -0.4 is 10.2 Å². The second kappa shape index (κ2) is 7.65. The zero-order chi connectivity index (χ0) is 15.1. The maximum absolute atomic E-state index is 12.4. The molecule has 0 aliphatic rings.